The Bertz CT molecular complexity index is 988. The van der Waals surface area contributed by atoms with Crippen LogP contribution >= 0.6 is 0 Å². The van der Waals surface area contributed by atoms with Crippen LogP contribution < -0.4 is 9.47 Å². The first-order chi connectivity index (χ1) is 15.4. The zero-order chi connectivity index (χ0) is 22.3. The fourth-order valence-corrected chi connectivity index (χ4v) is 4.83. The summed E-state index contributed by atoms with van der Waals surface area (Å²) in [5.74, 6) is 1.75. The molecule has 2 fully saturated rings. The van der Waals surface area contributed by atoms with Crippen LogP contribution in [0.3, 0.4) is 0 Å². The highest BCUT2D eigenvalue weighted by atomic mass is 16.5. The van der Waals surface area contributed by atoms with Crippen molar-refractivity contribution in [3.63, 3.8) is 0 Å². The van der Waals surface area contributed by atoms with E-state index in [4.69, 9.17) is 19.3 Å². The van der Waals surface area contributed by atoms with Crippen LogP contribution in [-0.2, 0) is 21.7 Å². The third kappa shape index (κ3) is 3.97. The van der Waals surface area contributed by atoms with E-state index in [2.05, 4.69) is 24.9 Å². The molecule has 32 heavy (non-hydrogen) atoms. The number of carbonyl (C=O) groups excluding carboxylic acids is 1. The molecule has 0 radical (unpaired) electrons. The fourth-order valence-electron chi connectivity index (χ4n) is 4.83. The highest BCUT2D eigenvalue weighted by Gasteiger charge is 2.36. The molecule has 1 unspecified atom stereocenters. The van der Waals surface area contributed by atoms with E-state index in [1.54, 1.807) is 7.11 Å². The molecule has 1 amide bonds. The quantitative estimate of drug-likeness (QED) is 0.712. The van der Waals surface area contributed by atoms with Crippen LogP contribution in [0.15, 0.2) is 24.4 Å². The van der Waals surface area contributed by atoms with Gasteiger partial charge in [-0.2, -0.15) is 5.10 Å². The molecule has 1 atom stereocenters. The highest BCUT2D eigenvalue weighted by Crippen LogP contribution is 2.45. The molecule has 5 rings (SSSR count). The number of amides is 1. The number of fused-ring (bicyclic) bond motifs is 3. The Labute approximate surface area is 189 Å². The van der Waals surface area contributed by atoms with Crippen molar-refractivity contribution in [1.29, 1.82) is 0 Å². The van der Waals surface area contributed by atoms with Gasteiger partial charge in [0.25, 0.3) is 5.91 Å². The SMILES string of the molecule is COc1ccc2c(c1)OC(C)(C)c1cn(CCN3CCN(C(=O)C4CCCO4)CC3)nc1-2. The number of hydrogen-bond acceptors (Lipinski definition) is 6. The third-order valence-corrected chi connectivity index (χ3v) is 6.75. The average Bonchev–Trinajstić information content (AvgIpc) is 3.48. The molecule has 0 bridgehead atoms. The summed E-state index contributed by atoms with van der Waals surface area (Å²) < 4.78 is 19.2. The molecule has 3 aliphatic rings. The van der Waals surface area contributed by atoms with Gasteiger partial charge < -0.3 is 19.1 Å². The first-order valence-corrected chi connectivity index (χ1v) is 11.5. The molecule has 0 aliphatic carbocycles. The second-order valence-corrected chi connectivity index (χ2v) is 9.30. The zero-order valence-corrected chi connectivity index (χ0v) is 19.2. The average molecular weight is 441 g/mol. The Morgan fingerprint density at radius 2 is 2.03 bits per heavy atom. The Hall–Kier alpha value is -2.58. The number of methoxy groups -OCH3 is 1. The van der Waals surface area contributed by atoms with Crippen molar-refractivity contribution < 1.29 is 19.0 Å². The van der Waals surface area contributed by atoms with E-state index in [0.29, 0.717) is 6.61 Å². The molecule has 0 spiro atoms. The number of benzene rings is 1. The van der Waals surface area contributed by atoms with E-state index < -0.39 is 5.60 Å². The van der Waals surface area contributed by atoms with Crippen molar-refractivity contribution in [3.8, 4) is 22.8 Å². The summed E-state index contributed by atoms with van der Waals surface area (Å²) in [4.78, 5) is 16.9. The minimum atomic E-state index is -0.457. The van der Waals surface area contributed by atoms with Crippen molar-refractivity contribution in [3.05, 3.63) is 30.0 Å². The minimum Gasteiger partial charge on any atom is -0.497 e. The lowest BCUT2D eigenvalue weighted by atomic mass is 9.92. The van der Waals surface area contributed by atoms with Crippen LogP contribution in [0.1, 0.15) is 32.3 Å². The second kappa shape index (κ2) is 8.41. The molecule has 0 saturated carbocycles. The maximum Gasteiger partial charge on any atom is 0.251 e. The molecule has 3 aliphatic heterocycles. The van der Waals surface area contributed by atoms with Gasteiger partial charge >= 0.3 is 0 Å². The van der Waals surface area contributed by atoms with Gasteiger partial charge in [0.2, 0.25) is 0 Å². The summed E-state index contributed by atoms with van der Waals surface area (Å²) in [7, 11) is 1.66. The summed E-state index contributed by atoms with van der Waals surface area (Å²) in [6.07, 6.45) is 3.74. The lowest BCUT2D eigenvalue weighted by Gasteiger charge is -2.35. The molecule has 8 nitrogen and oxygen atoms in total. The summed E-state index contributed by atoms with van der Waals surface area (Å²) in [5, 5.41) is 4.91. The van der Waals surface area contributed by atoms with Gasteiger partial charge in [-0.3, -0.25) is 14.4 Å². The van der Waals surface area contributed by atoms with Gasteiger partial charge in [0.05, 0.1) is 13.7 Å². The van der Waals surface area contributed by atoms with E-state index in [1.807, 2.05) is 27.8 Å². The number of carbonyl (C=O) groups is 1. The number of aromatic nitrogens is 2. The predicted molar refractivity (Wildman–Crippen MR) is 120 cm³/mol. The van der Waals surface area contributed by atoms with E-state index >= 15 is 0 Å². The van der Waals surface area contributed by atoms with Crippen LogP contribution in [0, 0.1) is 0 Å². The van der Waals surface area contributed by atoms with Gasteiger partial charge in [0.1, 0.15) is 28.9 Å². The predicted octanol–water partition coefficient (Wildman–Crippen LogP) is 2.51. The van der Waals surface area contributed by atoms with Gasteiger partial charge in [-0.05, 0) is 38.8 Å². The molecule has 1 aromatic carbocycles. The van der Waals surface area contributed by atoms with E-state index in [0.717, 1.165) is 80.4 Å². The summed E-state index contributed by atoms with van der Waals surface area (Å²) in [6, 6.07) is 5.89. The van der Waals surface area contributed by atoms with E-state index in [9.17, 15) is 4.79 Å². The largest absolute Gasteiger partial charge is 0.497 e. The smallest absolute Gasteiger partial charge is 0.251 e. The molecule has 2 saturated heterocycles. The van der Waals surface area contributed by atoms with Crippen molar-refractivity contribution in [2.75, 3.05) is 46.4 Å². The summed E-state index contributed by atoms with van der Waals surface area (Å²) in [6.45, 7) is 9.87. The molecule has 8 heteroatoms. The molecular formula is C24H32N4O4. The number of hydrogen-bond donors (Lipinski definition) is 0. The topological polar surface area (TPSA) is 69.1 Å². The summed E-state index contributed by atoms with van der Waals surface area (Å²) >= 11 is 0. The lowest BCUT2D eigenvalue weighted by Crippen LogP contribution is -2.51. The van der Waals surface area contributed by atoms with Crippen molar-refractivity contribution in [1.82, 2.24) is 19.6 Å². The van der Waals surface area contributed by atoms with Crippen LogP contribution in [0.2, 0.25) is 0 Å². The number of nitrogens with zero attached hydrogens (tertiary/aromatic N) is 4. The van der Waals surface area contributed by atoms with Gasteiger partial charge in [-0.25, -0.2) is 0 Å². The molecule has 172 valence electrons. The second-order valence-electron chi connectivity index (χ2n) is 9.30. The lowest BCUT2D eigenvalue weighted by molar-refractivity contribution is -0.142. The third-order valence-electron chi connectivity index (χ3n) is 6.75. The number of ether oxygens (including phenoxy) is 3. The molecule has 2 aromatic rings. The van der Waals surface area contributed by atoms with Gasteiger partial charge in [0.15, 0.2) is 0 Å². The number of rotatable bonds is 5. The van der Waals surface area contributed by atoms with Crippen molar-refractivity contribution in [2.45, 2.75) is 44.9 Å². The van der Waals surface area contributed by atoms with Crippen LogP contribution in [0.25, 0.3) is 11.3 Å². The first kappa shape index (κ1) is 21.3. The first-order valence-electron chi connectivity index (χ1n) is 11.5. The summed E-state index contributed by atoms with van der Waals surface area (Å²) in [5.41, 5.74) is 2.62. The Morgan fingerprint density at radius 3 is 2.75 bits per heavy atom. The van der Waals surface area contributed by atoms with Crippen molar-refractivity contribution >= 4 is 5.91 Å². The Morgan fingerprint density at radius 1 is 1.22 bits per heavy atom. The van der Waals surface area contributed by atoms with E-state index in [-0.39, 0.29) is 12.0 Å². The molecule has 4 heterocycles. The highest BCUT2D eigenvalue weighted by molar-refractivity contribution is 5.81. The zero-order valence-electron chi connectivity index (χ0n) is 19.2. The molecule has 1 aromatic heterocycles. The van der Waals surface area contributed by atoms with Gasteiger partial charge in [-0.1, -0.05) is 0 Å². The standard InChI is InChI=1S/C24H32N4O4/c1-24(2)19-16-28(25-22(19)18-7-6-17(30-3)15-21(18)32-24)13-10-26-8-11-27(12-9-26)23(29)20-5-4-14-31-20/h6-7,15-16,20H,4-5,8-14H2,1-3H3. The minimum absolute atomic E-state index is 0.166. The van der Waals surface area contributed by atoms with Crippen LogP contribution in [0.4, 0.5) is 0 Å². The Balaban J connectivity index is 1.22. The number of piperazine rings is 1. The van der Waals surface area contributed by atoms with Crippen LogP contribution in [-0.4, -0.2) is 78.0 Å². The van der Waals surface area contributed by atoms with Gasteiger partial charge in [0, 0.05) is 62.7 Å². The van der Waals surface area contributed by atoms with Gasteiger partial charge in [-0.15, -0.1) is 0 Å². The molecule has 0 N–H and O–H groups in total. The maximum atomic E-state index is 12.5. The fraction of sp³-hybridized carbons (Fsp3) is 0.583. The normalized spacial score (nSPS) is 22.2. The maximum absolute atomic E-state index is 12.5. The van der Waals surface area contributed by atoms with Crippen LogP contribution in [0.5, 0.6) is 11.5 Å². The van der Waals surface area contributed by atoms with Crippen molar-refractivity contribution in [2.24, 2.45) is 0 Å². The van der Waals surface area contributed by atoms with E-state index in [1.165, 1.54) is 0 Å². The molecular weight excluding hydrogens is 408 g/mol. The monoisotopic (exact) mass is 440 g/mol. The Kier molecular flexibility index (Phi) is 5.59.